The fourth-order valence-corrected chi connectivity index (χ4v) is 2.27. The number of amides is 1. The molecule has 4 heteroatoms. The van der Waals surface area contributed by atoms with Crippen molar-refractivity contribution in [3.05, 3.63) is 21.9 Å². The molecule has 16 heavy (non-hydrogen) atoms. The SMILES string of the molecule is CCc1ccsc1C(=O)NC(C)(CC)CO. The third kappa shape index (κ3) is 2.83. The molecular weight excluding hydrogens is 222 g/mol. The number of hydrogen-bond donors (Lipinski definition) is 2. The van der Waals surface area contributed by atoms with Crippen molar-refractivity contribution in [3.63, 3.8) is 0 Å². The molecule has 1 amide bonds. The fraction of sp³-hybridized carbons (Fsp3) is 0.583. The molecule has 0 aliphatic rings. The van der Waals surface area contributed by atoms with Gasteiger partial charge in [-0.05, 0) is 36.8 Å². The molecule has 1 aromatic rings. The minimum Gasteiger partial charge on any atom is -0.394 e. The second-order valence-corrected chi connectivity index (χ2v) is 5.07. The highest BCUT2D eigenvalue weighted by atomic mass is 32.1. The van der Waals surface area contributed by atoms with Crippen LogP contribution in [0, 0.1) is 0 Å². The smallest absolute Gasteiger partial charge is 0.262 e. The molecule has 0 spiro atoms. The van der Waals surface area contributed by atoms with Crippen molar-refractivity contribution in [1.82, 2.24) is 5.32 Å². The van der Waals surface area contributed by atoms with Crippen molar-refractivity contribution in [2.75, 3.05) is 6.61 Å². The zero-order chi connectivity index (χ0) is 12.2. The van der Waals surface area contributed by atoms with Gasteiger partial charge < -0.3 is 10.4 Å². The molecule has 1 rings (SSSR count). The Balaban J connectivity index is 2.80. The molecule has 1 atom stereocenters. The molecule has 0 saturated heterocycles. The van der Waals surface area contributed by atoms with Gasteiger partial charge >= 0.3 is 0 Å². The van der Waals surface area contributed by atoms with Crippen LogP contribution in [0.4, 0.5) is 0 Å². The topological polar surface area (TPSA) is 49.3 Å². The zero-order valence-electron chi connectivity index (χ0n) is 10.0. The van der Waals surface area contributed by atoms with Gasteiger partial charge in [0.15, 0.2) is 0 Å². The number of aliphatic hydroxyl groups is 1. The predicted molar refractivity (Wildman–Crippen MR) is 66.9 cm³/mol. The molecule has 0 fully saturated rings. The van der Waals surface area contributed by atoms with Crippen LogP contribution in [-0.4, -0.2) is 23.2 Å². The Morgan fingerprint density at radius 1 is 1.56 bits per heavy atom. The van der Waals surface area contributed by atoms with E-state index in [0.717, 1.165) is 16.9 Å². The van der Waals surface area contributed by atoms with Crippen LogP contribution in [-0.2, 0) is 6.42 Å². The lowest BCUT2D eigenvalue weighted by Crippen LogP contribution is -2.48. The van der Waals surface area contributed by atoms with Gasteiger partial charge in [-0.2, -0.15) is 0 Å². The third-order valence-corrected chi connectivity index (χ3v) is 3.83. The average Bonchev–Trinajstić information content (AvgIpc) is 2.76. The second-order valence-electron chi connectivity index (χ2n) is 4.15. The van der Waals surface area contributed by atoms with Gasteiger partial charge in [-0.3, -0.25) is 4.79 Å². The average molecular weight is 241 g/mol. The van der Waals surface area contributed by atoms with Crippen LogP contribution in [0.3, 0.4) is 0 Å². The van der Waals surface area contributed by atoms with Crippen molar-refractivity contribution in [3.8, 4) is 0 Å². The Bertz CT molecular complexity index is 356. The Hall–Kier alpha value is -0.870. The summed E-state index contributed by atoms with van der Waals surface area (Å²) < 4.78 is 0. The maximum Gasteiger partial charge on any atom is 0.262 e. The summed E-state index contributed by atoms with van der Waals surface area (Å²) in [5.41, 5.74) is 0.547. The van der Waals surface area contributed by atoms with Crippen LogP contribution in [0.5, 0.6) is 0 Å². The molecule has 1 aromatic heterocycles. The number of carbonyl (C=O) groups excluding carboxylic acids is 1. The summed E-state index contributed by atoms with van der Waals surface area (Å²) in [5, 5.41) is 14.1. The highest BCUT2D eigenvalue weighted by Crippen LogP contribution is 2.19. The van der Waals surface area contributed by atoms with E-state index in [9.17, 15) is 9.90 Å². The summed E-state index contributed by atoms with van der Waals surface area (Å²) >= 11 is 1.45. The van der Waals surface area contributed by atoms with Crippen molar-refractivity contribution in [1.29, 1.82) is 0 Å². The Morgan fingerprint density at radius 3 is 2.75 bits per heavy atom. The highest BCUT2D eigenvalue weighted by Gasteiger charge is 2.25. The van der Waals surface area contributed by atoms with E-state index in [1.165, 1.54) is 11.3 Å². The van der Waals surface area contributed by atoms with E-state index < -0.39 is 5.54 Å². The largest absolute Gasteiger partial charge is 0.394 e. The molecule has 3 nitrogen and oxygen atoms in total. The van der Waals surface area contributed by atoms with Gasteiger partial charge in [0.1, 0.15) is 0 Å². The van der Waals surface area contributed by atoms with E-state index in [4.69, 9.17) is 0 Å². The summed E-state index contributed by atoms with van der Waals surface area (Å²) in [6.07, 6.45) is 1.57. The van der Waals surface area contributed by atoms with Gasteiger partial charge in [-0.25, -0.2) is 0 Å². The van der Waals surface area contributed by atoms with Crippen LogP contribution in [0.2, 0.25) is 0 Å². The first-order valence-corrected chi connectivity index (χ1v) is 6.44. The van der Waals surface area contributed by atoms with E-state index in [1.807, 2.05) is 32.2 Å². The number of hydrogen-bond acceptors (Lipinski definition) is 3. The minimum absolute atomic E-state index is 0.0396. The lowest BCUT2D eigenvalue weighted by Gasteiger charge is -2.27. The number of aliphatic hydroxyl groups excluding tert-OH is 1. The molecule has 1 unspecified atom stereocenters. The fourth-order valence-electron chi connectivity index (χ4n) is 1.38. The first-order chi connectivity index (χ1) is 7.56. The number of aryl methyl sites for hydroxylation is 1. The van der Waals surface area contributed by atoms with Gasteiger partial charge in [0.25, 0.3) is 5.91 Å². The van der Waals surface area contributed by atoms with Crippen LogP contribution in [0.1, 0.15) is 42.4 Å². The van der Waals surface area contributed by atoms with Crippen LogP contribution in [0.25, 0.3) is 0 Å². The van der Waals surface area contributed by atoms with Crippen molar-refractivity contribution >= 4 is 17.2 Å². The molecule has 0 aliphatic carbocycles. The van der Waals surface area contributed by atoms with Crippen LogP contribution >= 0.6 is 11.3 Å². The molecule has 2 N–H and O–H groups in total. The molecule has 0 aromatic carbocycles. The van der Waals surface area contributed by atoms with Crippen molar-refractivity contribution in [2.24, 2.45) is 0 Å². The van der Waals surface area contributed by atoms with Crippen LogP contribution < -0.4 is 5.32 Å². The molecule has 0 saturated carbocycles. The molecule has 0 aliphatic heterocycles. The first-order valence-electron chi connectivity index (χ1n) is 5.56. The Kier molecular flexibility index (Phi) is 4.50. The predicted octanol–water partition coefficient (Wildman–Crippen LogP) is 2.20. The van der Waals surface area contributed by atoms with E-state index in [1.54, 1.807) is 0 Å². The maximum absolute atomic E-state index is 12.0. The lowest BCUT2D eigenvalue weighted by atomic mass is 10.00. The lowest BCUT2D eigenvalue weighted by molar-refractivity contribution is 0.0851. The first kappa shape index (κ1) is 13.2. The number of nitrogens with one attached hydrogen (secondary N) is 1. The quantitative estimate of drug-likeness (QED) is 0.830. The maximum atomic E-state index is 12.0. The van der Waals surface area contributed by atoms with E-state index in [-0.39, 0.29) is 12.5 Å². The van der Waals surface area contributed by atoms with Gasteiger partial charge in [0.2, 0.25) is 0 Å². The summed E-state index contributed by atoms with van der Waals surface area (Å²) in [5.74, 6) is -0.0785. The van der Waals surface area contributed by atoms with Crippen LogP contribution in [0.15, 0.2) is 11.4 Å². The van der Waals surface area contributed by atoms with Gasteiger partial charge in [0, 0.05) is 0 Å². The van der Waals surface area contributed by atoms with E-state index >= 15 is 0 Å². The van der Waals surface area contributed by atoms with E-state index in [0.29, 0.717) is 6.42 Å². The number of rotatable bonds is 5. The molecule has 0 radical (unpaired) electrons. The molecule has 90 valence electrons. The summed E-state index contributed by atoms with van der Waals surface area (Å²) in [4.78, 5) is 12.8. The summed E-state index contributed by atoms with van der Waals surface area (Å²) in [7, 11) is 0. The highest BCUT2D eigenvalue weighted by molar-refractivity contribution is 7.12. The number of carbonyl (C=O) groups is 1. The normalized spacial score (nSPS) is 14.5. The zero-order valence-corrected chi connectivity index (χ0v) is 10.9. The van der Waals surface area contributed by atoms with Gasteiger partial charge in [-0.1, -0.05) is 13.8 Å². The molecular formula is C12H19NO2S. The molecule has 1 heterocycles. The van der Waals surface area contributed by atoms with Gasteiger partial charge in [-0.15, -0.1) is 11.3 Å². The van der Waals surface area contributed by atoms with Crippen molar-refractivity contribution in [2.45, 2.75) is 39.2 Å². The summed E-state index contributed by atoms with van der Waals surface area (Å²) in [6, 6.07) is 1.97. The summed E-state index contributed by atoms with van der Waals surface area (Å²) in [6.45, 7) is 5.79. The minimum atomic E-state index is -0.522. The van der Waals surface area contributed by atoms with Gasteiger partial charge in [0.05, 0.1) is 17.0 Å². The second kappa shape index (κ2) is 5.46. The Labute approximate surface area is 100 Å². The number of thiophene rings is 1. The van der Waals surface area contributed by atoms with E-state index in [2.05, 4.69) is 5.32 Å². The standard InChI is InChI=1S/C12H19NO2S/c1-4-9-6-7-16-10(9)11(15)13-12(3,5-2)8-14/h6-7,14H,4-5,8H2,1-3H3,(H,13,15). The monoisotopic (exact) mass is 241 g/mol. The Morgan fingerprint density at radius 2 is 2.25 bits per heavy atom. The third-order valence-electron chi connectivity index (χ3n) is 2.88. The molecule has 0 bridgehead atoms. The van der Waals surface area contributed by atoms with Crippen molar-refractivity contribution < 1.29 is 9.90 Å².